The van der Waals surface area contributed by atoms with Crippen molar-refractivity contribution in [1.29, 1.82) is 0 Å². The summed E-state index contributed by atoms with van der Waals surface area (Å²) in [6.07, 6.45) is -1.61. The molecule has 0 aromatic carbocycles. The molecular formula is C9H11F3N4O. The minimum atomic E-state index is -4.39. The third-order valence-corrected chi connectivity index (χ3v) is 2.26. The van der Waals surface area contributed by atoms with Crippen molar-refractivity contribution in [3.63, 3.8) is 0 Å². The van der Waals surface area contributed by atoms with E-state index >= 15 is 0 Å². The molecule has 0 saturated heterocycles. The van der Waals surface area contributed by atoms with Crippen LogP contribution < -0.4 is 11.1 Å². The first-order valence-corrected chi connectivity index (χ1v) is 5.06. The molecule has 94 valence electrons. The Labute approximate surface area is 94.8 Å². The minimum absolute atomic E-state index is 0.0487. The quantitative estimate of drug-likeness (QED) is 0.835. The average molecular weight is 248 g/mol. The van der Waals surface area contributed by atoms with Gasteiger partial charge in [-0.2, -0.15) is 18.3 Å². The van der Waals surface area contributed by atoms with E-state index in [1.807, 2.05) is 0 Å². The number of nitrogens with two attached hydrogens (primary N) is 1. The molecule has 0 bridgehead atoms. The van der Waals surface area contributed by atoms with Gasteiger partial charge in [-0.3, -0.25) is 9.48 Å². The van der Waals surface area contributed by atoms with Crippen molar-refractivity contribution in [2.75, 3.05) is 5.73 Å². The number of hydrogen-bond donors (Lipinski definition) is 2. The molecule has 0 atom stereocenters. The zero-order valence-corrected chi connectivity index (χ0v) is 8.79. The SMILES string of the molecule is Nc1cn(CC(F)(F)F)nc1C(=O)NC1CC1. The number of nitrogens with one attached hydrogen (secondary N) is 1. The number of carbonyl (C=O) groups is 1. The van der Waals surface area contributed by atoms with Gasteiger partial charge in [0, 0.05) is 12.2 Å². The third-order valence-electron chi connectivity index (χ3n) is 2.26. The molecule has 5 nitrogen and oxygen atoms in total. The van der Waals surface area contributed by atoms with E-state index in [4.69, 9.17) is 5.73 Å². The van der Waals surface area contributed by atoms with Gasteiger partial charge in [-0.05, 0) is 12.8 Å². The van der Waals surface area contributed by atoms with Gasteiger partial charge in [-0.15, -0.1) is 0 Å². The Morgan fingerprint density at radius 1 is 1.59 bits per heavy atom. The number of nitrogens with zero attached hydrogens (tertiary/aromatic N) is 2. The summed E-state index contributed by atoms with van der Waals surface area (Å²) in [5, 5.41) is 6.15. The molecule has 3 N–H and O–H groups in total. The highest BCUT2D eigenvalue weighted by molar-refractivity contribution is 5.97. The molecule has 8 heteroatoms. The summed E-state index contributed by atoms with van der Waals surface area (Å²) in [7, 11) is 0. The molecular weight excluding hydrogens is 237 g/mol. The third kappa shape index (κ3) is 3.11. The van der Waals surface area contributed by atoms with Gasteiger partial charge in [0.25, 0.3) is 5.91 Å². The van der Waals surface area contributed by atoms with Gasteiger partial charge >= 0.3 is 6.18 Å². The second kappa shape index (κ2) is 3.94. The van der Waals surface area contributed by atoms with Crippen LogP contribution in [0.5, 0.6) is 0 Å². The van der Waals surface area contributed by atoms with Gasteiger partial charge in [0.1, 0.15) is 6.54 Å². The van der Waals surface area contributed by atoms with Gasteiger partial charge in [0.2, 0.25) is 0 Å². The molecule has 0 aliphatic heterocycles. The maximum atomic E-state index is 12.1. The number of carbonyl (C=O) groups excluding carboxylic acids is 1. The number of aromatic nitrogens is 2. The minimum Gasteiger partial charge on any atom is -0.396 e. The smallest absolute Gasteiger partial charge is 0.396 e. The highest BCUT2D eigenvalue weighted by Gasteiger charge is 2.30. The van der Waals surface area contributed by atoms with Gasteiger partial charge in [0.15, 0.2) is 5.69 Å². The summed E-state index contributed by atoms with van der Waals surface area (Å²) < 4.78 is 36.9. The monoisotopic (exact) mass is 248 g/mol. The summed E-state index contributed by atoms with van der Waals surface area (Å²) in [6.45, 7) is -1.26. The van der Waals surface area contributed by atoms with Crippen LogP contribution in [0.25, 0.3) is 0 Å². The summed E-state index contributed by atoms with van der Waals surface area (Å²) in [5.74, 6) is -0.522. The first-order chi connectivity index (χ1) is 7.85. The molecule has 0 unspecified atom stereocenters. The second-order valence-electron chi connectivity index (χ2n) is 3.99. The Morgan fingerprint density at radius 3 is 2.76 bits per heavy atom. The van der Waals surface area contributed by atoms with Crippen LogP contribution in [0.2, 0.25) is 0 Å². The Bertz CT molecular complexity index is 436. The highest BCUT2D eigenvalue weighted by Crippen LogP contribution is 2.21. The Kier molecular flexibility index (Phi) is 2.72. The normalized spacial score (nSPS) is 15.9. The number of nitrogen functional groups attached to an aromatic ring is 1. The Hall–Kier alpha value is -1.73. The summed E-state index contributed by atoms with van der Waals surface area (Å²) >= 11 is 0. The number of halogens is 3. The number of amides is 1. The van der Waals surface area contributed by atoms with Gasteiger partial charge in [-0.1, -0.05) is 0 Å². The molecule has 2 rings (SSSR count). The lowest BCUT2D eigenvalue weighted by Crippen LogP contribution is -2.27. The molecule has 1 aromatic rings. The van der Waals surface area contributed by atoms with Crippen LogP contribution in [0.4, 0.5) is 18.9 Å². The van der Waals surface area contributed by atoms with Crippen LogP contribution in [-0.2, 0) is 6.54 Å². The standard InChI is InChI=1S/C9H11F3N4O/c10-9(11,12)4-16-3-6(13)7(15-16)8(17)14-5-1-2-5/h3,5H,1-2,4,13H2,(H,14,17). The van der Waals surface area contributed by atoms with E-state index in [0.29, 0.717) is 4.68 Å². The molecule has 17 heavy (non-hydrogen) atoms. The molecule has 1 heterocycles. The summed E-state index contributed by atoms with van der Waals surface area (Å²) in [5.41, 5.74) is 5.25. The van der Waals surface area contributed by atoms with Crippen molar-refractivity contribution in [3.05, 3.63) is 11.9 Å². The maximum absolute atomic E-state index is 12.1. The van der Waals surface area contributed by atoms with Gasteiger partial charge in [-0.25, -0.2) is 0 Å². The van der Waals surface area contributed by atoms with Crippen LogP contribution in [0.3, 0.4) is 0 Å². The van der Waals surface area contributed by atoms with Crippen molar-refractivity contribution < 1.29 is 18.0 Å². The molecule has 1 aromatic heterocycles. The molecule has 0 spiro atoms. The fourth-order valence-electron chi connectivity index (χ4n) is 1.36. The second-order valence-corrected chi connectivity index (χ2v) is 3.99. The molecule has 1 aliphatic carbocycles. The van der Waals surface area contributed by atoms with Crippen LogP contribution in [0, 0.1) is 0 Å². The first-order valence-electron chi connectivity index (χ1n) is 5.06. The van der Waals surface area contributed by atoms with E-state index in [0.717, 1.165) is 19.0 Å². The van der Waals surface area contributed by atoms with Crippen LogP contribution in [0.15, 0.2) is 6.20 Å². The highest BCUT2D eigenvalue weighted by atomic mass is 19.4. The van der Waals surface area contributed by atoms with Crippen molar-refractivity contribution in [3.8, 4) is 0 Å². The topological polar surface area (TPSA) is 72.9 Å². The average Bonchev–Trinajstić information content (AvgIpc) is 2.88. The number of anilines is 1. The molecule has 0 radical (unpaired) electrons. The molecule has 1 saturated carbocycles. The molecule has 1 amide bonds. The van der Waals surface area contributed by atoms with Gasteiger partial charge in [0.05, 0.1) is 5.69 Å². The van der Waals surface area contributed by atoms with Crippen molar-refractivity contribution in [2.45, 2.75) is 31.6 Å². The summed E-state index contributed by atoms with van der Waals surface area (Å²) in [4.78, 5) is 11.5. The maximum Gasteiger partial charge on any atom is 0.408 e. The van der Waals surface area contributed by atoms with Crippen LogP contribution in [-0.4, -0.2) is 27.9 Å². The largest absolute Gasteiger partial charge is 0.408 e. The van der Waals surface area contributed by atoms with E-state index in [9.17, 15) is 18.0 Å². The van der Waals surface area contributed by atoms with Crippen LogP contribution >= 0.6 is 0 Å². The first kappa shape index (κ1) is 11.7. The molecule has 1 aliphatic rings. The zero-order chi connectivity index (χ0) is 12.6. The van der Waals surface area contributed by atoms with Crippen molar-refractivity contribution in [2.24, 2.45) is 0 Å². The van der Waals surface area contributed by atoms with Crippen molar-refractivity contribution in [1.82, 2.24) is 15.1 Å². The lowest BCUT2D eigenvalue weighted by Gasteiger charge is -2.05. The predicted molar refractivity (Wildman–Crippen MR) is 53.2 cm³/mol. The van der Waals surface area contributed by atoms with Gasteiger partial charge < -0.3 is 11.1 Å². The van der Waals surface area contributed by atoms with E-state index in [-0.39, 0.29) is 17.4 Å². The number of hydrogen-bond acceptors (Lipinski definition) is 3. The number of alkyl halides is 3. The van der Waals surface area contributed by atoms with Crippen molar-refractivity contribution >= 4 is 11.6 Å². The fraction of sp³-hybridized carbons (Fsp3) is 0.556. The molecule has 1 fully saturated rings. The zero-order valence-electron chi connectivity index (χ0n) is 8.79. The number of rotatable bonds is 3. The predicted octanol–water partition coefficient (Wildman–Crippen LogP) is 0.920. The van der Waals surface area contributed by atoms with E-state index in [2.05, 4.69) is 10.4 Å². The summed E-state index contributed by atoms with van der Waals surface area (Å²) in [6, 6.07) is 0.106. The van der Waals surface area contributed by atoms with E-state index in [1.54, 1.807) is 0 Å². The lowest BCUT2D eigenvalue weighted by molar-refractivity contribution is -0.142. The van der Waals surface area contributed by atoms with Crippen LogP contribution in [0.1, 0.15) is 23.3 Å². The lowest BCUT2D eigenvalue weighted by atomic mass is 10.3. The Balaban J connectivity index is 2.09. The fourth-order valence-corrected chi connectivity index (χ4v) is 1.36. The Morgan fingerprint density at radius 2 is 2.24 bits per heavy atom. The van der Waals surface area contributed by atoms with E-state index < -0.39 is 18.6 Å². The van der Waals surface area contributed by atoms with E-state index in [1.165, 1.54) is 0 Å².